The number of hydrogen-bond donors (Lipinski definition) is 1. The van der Waals surface area contributed by atoms with Gasteiger partial charge < -0.3 is 0 Å². The molecule has 0 amide bonds. The molecule has 3 rings (SSSR count). The van der Waals surface area contributed by atoms with Crippen LogP contribution in [0.4, 0.5) is 0 Å². The summed E-state index contributed by atoms with van der Waals surface area (Å²) in [5.74, 6) is 0. The van der Waals surface area contributed by atoms with Crippen LogP contribution in [0.5, 0.6) is 0 Å². The zero-order valence-corrected chi connectivity index (χ0v) is 11.4. The van der Waals surface area contributed by atoms with Crippen molar-refractivity contribution >= 4 is 11.3 Å². The number of piperidine rings is 1. The first-order valence-electron chi connectivity index (χ1n) is 6.45. The second-order valence-electron chi connectivity index (χ2n) is 4.93. The molecule has 0 saturated carbocycles. The van der Waals surface area contributed by atoms with E-state index >= 15 is 0 Å². The third-order valence-corrected chi connectivity index (χ3v) is 4.30. The van der Waals surface area contributed by atoms with E-state index < -0.39 is 0 Å². The van der Waals surface area contributed by atoms with Crippen LogP contribution in [0.2, 0.25) is 0 Å². The molecular weight excluding hydrogens is 244 g/mol. The Morgan fingerprint density at radius 2 is 2.44 bits per heavy atom. The molecule has 0 aromatic carbocycles. The van der Waals surface area contributed by atoms with Crippen molar-refractivity contribution in [3.8, 4) is 0 Å². The Morgan fingerprint density at radius 3 is 3.17 bits per heavy atom. The molecule has 96 valence electrons. The van der Waals surface area contributed by atoms with Gasteiger partial charge in [0.2, 0.25) is 0 Å². The molecule has 0 bridgehead atoms. The third kappa shape index (κ3) is 2.33. The Morgan fingerprint density at radius 1 is 1.50 bits per heavy atom. The van der Waals surface area contributed by atoms with Gasteiger partial charge in [-0.2, -0.15) is 5.10 Å². The van der Waals surface area contributed by atoms with Crippen LogP contribution >= 0.6 is 11.3 Å². The zero-order valence-electron chi connectivity index (χ0n) is 10.6. The van der Waals surface area contributed by atoms with Gasteiger partial charge in [-0.1, -0.05) is 6.42 Å². The van der Waals surface area contributed by atoms with Crippen molar-refractivity contribution in [1.82, 2.24) is 20.1 Å². The van der Waals surface area contributed by atoms with Gasteiger partial charge in [-0.25, -0.2) is 4.98 Å². The summed E-state index contributed by atoms with van der Waals surface area (Å²) in [6.07, 6.45) is 5.72. The van der Waals surface area contributed by atoms with Crippen molar-refractivity contribution in [2.75, 3.05) is 6.54 Å². The number of nitrogens with one attached hydrogen (secondary N) is 1. The largest absolute Gasteiger partial charge is 0.289 e. The molecule has 5 heteroatoms. The summed E-state index contributed by atoms with van der Waals surface area (Å²) in [5, 5.41) is 9.48. The number of nitrogens with zero attached hydrogens (tertiary/aromatic N) is 3. The first kappa shape index (κ1) is 11.9. The molecule has 0 aliphatic carbocycles. The van der Waals surface area contributed by atoms with Crippen molar-refractivity contribution < 1.29 is 0 Å². The lowest BCUT2D eigenvalue weighted by molar-refractivity contribution is 0.135. The number of thiazole rings is 1. The summed E-state index contributed by atoms with van der Waals surface area (Å²) >= 11 is 1.67. The highest BCUT2D eigenvalue weighted by molar-refractivity contribution is 7.07. The van der Waals surface area contributed by atoms with Gasteiger partial charge in [0.15, 0.2) is 0 Å². The first-order valence-corrected chi connectivity index (χ1v) is 7.40. The lowest BCUT2D eigenvalue weighted by Gasteiger charge is -2.35. The second-order valence-corrected chi connectivity index (χ2v) is 5.65. The average molecular weight is 262 g/mol. The van der Waals surface area contributed by atoms with Crippen molar-refractivity contribution in [3.05, 3.63) is 34.0 Å². The first-order chi connectivity index (χ1) is 8.84. The summed E-state index contributed by atoms with van der Waals surface area (Å²) in [6.45, 7) is 4.24. The van der Waals surface area contributed by atoms with Crippen LogP contribution < -0.4 is 0 Å². The number of aromatic nitrogens is 3. The highest BCUT2D eigenvalue weighted by atomic mass is 32.1. The molecule has 1 atom stereocenters. The maximum atomic E-state index is 4.40. The molecule has 18 heavy (non-hydrogen) atoms. The lowest BCUT2D eigenvalue weighted by Crippen LogP contribution is -2.33. The minimum atomic E-state index is 0.475. The Hall–Kier alpha value is -1.20. The summed E-state index contributed by atoms with van der Waals surface area (Å²) in [7, 11) is 0. The number of H-pyrrole nitrogens is 1. The van der Waals surface area contributed by atoms with Crippen LogP contribution in [0.3, 0.4) is 0 Å². The van der Waals surface area contributed by atoms with Crippen LogP contribution in [0, 0.1) is 6.92 Å². The van der Waals surface area contributed by atoms with Crippen LogP contribution in [0.25, 0.3) is 0 Å². The fourth-order valence-electron chi connectivity index (χ4n) is 2.72. The molecule has 2 aromatic rings. The predicted molar refractivity (Wildman–Crippen MR) is 72.4 cm³/mol. The topological polar surface area (TPSA) is 44.8 Å². The van der Waals surface area contributed by atoms with E-state index in [2.05, 4.69) is 32.4 Å². The standard InChI is InChI=1S/C13H18N4S/c1-10-6-15-16-13(10)12-4-2-3-5-17(12)7-11-8-18-9-14-11/h6,8-9,12H,2-5,7H2,1H3,(H,15,16)/t12-/m1/s1. The van der Waals surface area contributed by atoms with Crippen molar-refractivity contribution in [2.45, 2.75) is 38.8 Å². The van der Waals surface area contributed by atoms with E-state index in [1.165, 1.54) is 36.2 Å². The van der Waals surface area contributed by atoms with Gasteiger partial charge in [0.05, 0.1) is 29.1 Å². The van der Waals surface area contributed by atoms with E-state index in [-0.39, 0.29) is 0 Å². The van der Waals surface area contributed by atoms with E-state index in [0.717, 1.165) is 13.1 Å². The van der Waals surface area contributed by atoms with Crippen LogP contribution in [0.15, 0.2) is 17.1 Å². The van der Waals surface area contributed by atoms with Crippen LogP contribution in [0.1, 0.15) is 42.3 Å². The summed E-state index contributed by atoms with van der Waals surface area (Å²) in [5.41, 5.74) is 5.65. The summed E-state index contributed by atoms with van der Waals surface area (Å²) < 4.78 is 0. The lowest BCUT2D eigenvalue weighted by atomic mass is 9.97. The van der Waals surface area contributed by atoms with Crippen molar-refractivity contribution in [1.29, 1.82) is 0 Å². The monoisotopic (exact) mass is 262 g/mol. The number of rotatable bonds is 3. The Balaban J connectivity index is 1.80. The average Bonchev–Trinajstić information content (AvgIpc) is 3.02. The van der Waals surface area contributed by atoms with Crippen LogP contribution in [-0.2, 0) is 6.54 Å². The number of aromatic amines is 1. The fraction of sp³-hybridized carbons (Fsp3) is 0.538. The summed E-state index contributed by atoms with van der Waals surface area (Å²) in [4.78, 5) is 6.93. The molecule has 1 fully saturated rings. The normalized spacial score (nSPS) is 21.3. The minimum absolute atomic E-state index is 0.475. The van der Waals surface area contributed by atoms with Crippen LogP contribution in [-0.4, -0.2) is 26.6 Å². The smallest absolute Gasteiger partial charge is 0.0795 e. The molecule has 3 heterocycles. The Labute approximate surface area is 111 Å². The Bertz CT molecular complexity index is 491. The molecule has 0 spiro atoms. The van der Waals surface area contributed by atoms with Gasteiger partial charge in [0.25, 0.3) is 0 Å². The molecule has 1 saturated heterocycles. The maximum Gasteiger partial charge on any atom is 0.0795 e. The van der Waals surface area contributed by atoms with E-state index in [0.29, 0.717) is 6.04 Å². The van der Waals surface area contributed by atoms with Gasteiger partial charge in [-0.3, -0.25) is 10.00 Å². The van der Waals surface area contributed by atoms with Crippen molar-refractivity contribution in [3.63, 3.8) is 0 Å². The molecule has 0 unspecified atom stereocenters. The maximum absolute atomic E-state index is 4.40. The van der Waals surface area contributed by atoms with E-state index in [9.17, 15) is 0 Å². The number of hydrogen-bond acceptors (Lipinski definition) is 4. The van der Waals surface area contributed by atoms with Gasteiger partial charge >= 0.3 is 0 Å². The second kappa shape index (κ2) is 5.20. The van der Waals surface area contributed by atoms with E-state index in [1.54, 1.807) is 11.3 Å². The number of likely N-dealkylation sites (tertiary alicyclic amines) is 1. The van der Waals surface area contributed by atoms with Gasteiger partial charge in [0.1, 0.15) is 0 Å². The SMILES string of the molecule is Cc1cn[nH]c1[C@H]1CCCCN1Cc1cscn1. The van der Waals surface area contributed by atoms with Gasteiger partial charge in [-0.05, 0) is 31.9 Å². The molecule has 1 aliphatic rings. The van der Waals surface area contributed by atoms with E-state index in [4.69, 9.17) is 0 Å². The van der Waals surface area contributed by atoms with Gasteiger partial charge in [0, 0.05) is 11.9 Å². The summed E-state index contributed by atoms with van der Waals surface area (Å²) in [6, 6.07) is 0.475. The highest BCUT2D eigenvalue weighted by Gasteiger charge is 2.26. The minimum Gasteiger partial charge on any atom is -0.289 e. The number of aryl methyl sites for hydroxylation is 1. The molecule has 1 N–H and O–H groups in total. The Kier molecular flexibility index (Phi) is 3.43. The predicted octanol–water partition coefficient (Wildman–Crippen LogP) is 2.90. The van der Waals surface area contributed by atoms with E-state index in [1.807, 2.05) is 11.7 Å². The highest BCUT2D eigenvalue weighted by Crippen LogP contribution is 2.32. The molecular formula is C13H18N4S. The zero-order chi connectivity index (χ0) is 12.4. The third-order valence-electron chi connectivity index (χ3n) is 3.66. The van der Waals surface area contributed by atoms with Crippen molar-refractivity contribution in [2.24, 2.45) is 0 Å². The fourth-order valence-corrected chi connectivity index (χ4v) is 3.27. The van der Waals surface area contributed by atoms with Gasteiger partial charge in [-0.15, -0.1) is 11.3 Å². The molecule has 2 aromatic heterocycles. The molecule has 0 radical (unpaired) electrons. The molecule has 1 aliphatic heterocycles. The quantitative estimate of drug-likeness (QED) is 0.925. The molecule has 4 nitrogen and oxygen atoms in total.